The molecule has 0 aromatic heterocycles. The van der Waals surface area contributed by atoms with Crippen molar-refractivity contribution in [3.63, 3.8) is 0 Å². The Hall–Kier alpha value is -2.57. The van der Waals surface area contributed by atoms with Crippen LogP contribution in [0.5, 0.6) is 5.75 Å². The average Bonchev–Trinajstić information content (AvgIpc) is 2.55. The van der Waals surface area contributed by atoms with E-state index < -0.39 is 17.9 Å². The molecule has 1 aromatic carbocycles. The lowest BCUT2D eigenvalue weighted by molar-refractivity contribution is -0.154. The van der Waals surface area contributed by atoms with E-state index in [2.05, 4.69) is 5.32 Å². The van der Waals surface area contributed by atoms with Crippen molar-refractivity contribution in [1.82, 2.24) is 10.2 Å². The van der Waals surface area contributed by atoms with Gasteiger partial charge in [-0.1, -0.05) is 32.0 Å². The second-order valence-corrected chi connectivity index (χ2v) is 5.79. The smallest absolute Gasteiger partial charge is 0.329 e. The summed E-state index contributed by atoms with van der Waals surface area (Å²) in [6.45, 7) is 2.98. The molecule has 0 radical (unpaired) electrons. The van der Waals surface area contributed by atoms with E-state index >= 15 is 0 Å². The van der Waals surface area contributed by atoms with Crippen LogP contribution in [-0.4, -0.2) is 56.0 Å². The third kappa shape index (κ3) is 6.68. The molecule has 0 unspecified atom stereocenters. The maximum Gasteiger partial charge on any atom is 0.329 e. The van der Waals surface area contributed by atoms with E-state index in [9.17, 15) is 14.4 Å². The Morgan fingerprint density at radius 1 is 1.08 bits per heavy atom. The molecular formula is C17H24N2O5. The number of rotatable bonds is 8. The SMILES string of the molecule is CC(C)[C@H](NC(=O)COc1ccccc1)C(=O)OCC(=O)N(C)C. The molecule has 24 heavy (non-hydrogen) atoms. The van der Waals surface area contributed by atoms with Gasteiger partial charge in [0.25, 0.3) is 11.8 Å². The molecular weight excluding hydrogens is 312 g/mol. The van der Waals surface area contributed by atoms with Crippen LogP contribution in [0.1, 0.15) is 13.8 Å². The van der Waals surface area contributed by atoms with Crippen LogP contribution in [0.2, 0.25) is 0 Å². The molecule has 1 atom stereocenters. The third-order valence-corrected chi connectivity index (χ3v) is 3.19. The van der Waals surface area contributed by atoms with E-state index in [0.29, 0.717) is 5.75 Å². The number of nitrogens with one attached hydrogen (secondary N) is 1. The monoisotopic (exact) mass is 336 g/mol. The first-order valence-electron chi connectivity index (χ1n) is 7.65. The summed E-state index contributed by atoms with van der Waals surface area (Å²) in [5.74, 6) is -1.04. The van der Waals surface area contributed by atoms with Gasteiger partial charge in [0, 0.05) is 14.1 Å². The fraction of sp³-hybridized carbons (Fsp3) is 0.471. The van der Waals surface area contributed by atoms with Gasteiger partial charge < -0.3 is 19.7 Å². The summed E-state index contributed by atoms with van der Waals surface area (Å²) in [5, 5.41) is 2.58. The highest BCUT2D eigenvalue weighted by Crippen LogP contribution is 2.08. The molecule has 7 nitrogen and oxygen atoms in total. The lowest BCUT2D eigenvalue weighted by Gasteiger charge is -2.21. The molecule has 0 heterocycles. The summed E-state index contributed by atoms with van der Waals surface area (Å²) in [6.07, 6.45) is 0. The Balaban J connectivity index is 2.50. The topological polar surface area (TPSA) is 84.9 Å². The summed E-state index contributed by atoms with van der Waals surface area (Å²) >= 11 is 0. The van der Waals surface area contributed by atoms with Crippen molar-refractivity contribution in [2.45, 2.75) is 19.9 Å². The molecule has 0 fully saturated rings. The van der Waals surface area contributed by atoms with E-state index in [0.717, 1.165) is 0 Å². The molecule has 132 valence electrons. The van der Waals surface area contributed by atoms with Crippen molar-refractivity contribution in [3.05, 3.63) is 30.3 Å². The van der Waals surface area contributed by atoms with Gasteiger partial charge in [-0.05, 0) is 18.1 Å². The molecule has 0 saturated carbocycles. The highest BCUT2D eigenvalue weighted by molar-refractivity contribution is 5.87. The van der Waals surface area contributed by atoms with Gasteiger partial charge in [-0.3, -0.25) is 9.59 Å². The standard InChI is InChI=1S/C17H24N2O5/c1-12(2)16(17(22)24-11-15(21)19(3)4)18-14(20)10-23-13-8-6-5-7-9-13/h5-9,12,16H,10-11H2,1-4H3,(H,18,20)/t16-/m0/s1. The van der Waals surface area contributed by atoms with Crippen LogP contribution in [0.4, 0.5) is 0 Å². The van der Waals surface area contributed by atoms with Gasteiger partial charge in [-0.2, -0.15) is 0 Å². The zero-order valence-corrected chi connectivity index (χ0v) is 14.4. The van der Waals surface area contributed by atoms with Crippen LogP contribution in [-0.2, 0) is 19.1 Å². The molecule has 2 amide bonds. The molecule has 1 aromatic rings. The number of nitrogens with zero attached hydrogens (tertiary/aromatic N) is 1. The Morgan fingerprint density at radius 2 is 1.71 bits per heavy atom. The molecule has 1 rings (SSSR count). The molecule has 1 N–H and O–H groups in total. The van der Waals surface area contributed by atoms with Gasteiger partial charge in [-0.25, -0.2) is 4.79 Å². The number of carbonyl (C=O) groups excluding carboxylic acids is 3. The zero-order chi connectivity index (χ0) is 18.1. The Labute approximate surface area is 141 Å². The van der Waals surface area contributed by atoms with E-state index in [1.54, 1.807) is 52.2 Å². The van der Waals surface area contributed by atoms with Gasteiger partial charge in [0.2, 0.25) is 0 Å². The predicted octanol–water partition coefficient (Wildman–Crippen LogP) is 0.838. The minimum atomic E-state index is -0.841. The van der Waals surface area contributed by atoms with Gasteiger partial charge >= 0.3 is 5.97 Å². The van der Waals surface area contributed by atoms with E-state index in [1.807, 2.05) is 6.07 Å². The highest BCUT2D eigenvalue weighted by Gasteiger charge is 2.26. The van der Waals surface area contributed by atoms with Crippen molar-refractivity contribution >= 4 is 17.8 Å². The van der Waals surface area contributed by atoms with E-state index in [4.69, 9.17) is 9.47 Å². The largest absolute Gasteiger partial charge is 0.484 e. The predicted molar refractivity (Wildman–Crippen MR) is 88.4 cm³/mol. The molecule has 7 heteroatoms. The average molecular weight is 336 g/mol. The van der Waals surface area contributed by atoms with E-state index in [1.165, 1.54) is 4.90 Å². The zero-order valence-electron chi connectivity index (χ0n) is 14.4. The van der Waals surface area contributed by atoms with Crippen LogP contribution in [0, 0.1) is 5.92 Å². The maximum absolute atomic E-state index is 12.1. The summed E-state index contributed by atoms with van der Waals surface area (Å²) in [4.78, 5) is 36.8. The first-order chi connectivity index (χ1) is 11.3. The number of para-hydroxylation sites is 1. The van der Waals surface area contributed by atoms with Crippen LogP contribution in [0.25, 0.3) is 0 Å². The Bertz CT molecular complexity index is 557. The number of hydrogen-bond donors (Lipinski definition) is 1. The Morgan fingerprint density at radius 3 is 2.25 bits per heavy atom. The number of carbonyl (C=O) groups is 3. The van der Waals surface area contributed by atoms with Crippen molar-refractivity contribution < 1.29 is 23.9 Å². The van der Waals surface area contributed by atoms with Crippen molar-refractivity contribution in [3.8, 4) is 5.75 Å². The summed E-state index contributed by atoms with van der Waals surface area (Å²) in [7, 11) is 3.14. The fourth-order valence-corrected chi connectivity index (χ4v) is 1.73. The maximum atomic E-state index is 12.1. The minimum Gasteiger partial charge on any atom is -0.484 e. The number of benzene rings is 1. The highest BCUT2D eigenvalue weighted by atomic mass is 16.5. The molecule has 0 aliphatic carbocycles. The van der Waals surface area contributed by atoms with Crippen molar-refractivity contribution in [2.24, 2.45) is 5.92 Å². The second kappa shape index (κ2) is 9.54. The van der Waals surface area contributed by atoms with Crippen LogP contribution >= 0.6 is 0 Å². The molecule has 0 saturated heterocycles. The molecule has 0 aliphatic heterocycles. The van der Waals surface area contributed by atoms with Crippen LogP contribution in [0.3, 0.4) is 0 Å². The van der Waals surface area contributed by atoms with Gasteiger partial charge in [0.1, 0.15) is 11.8 Å². The normalized spacial score (nSPS) is 11.5. The van der Waals surface area contributed by atoms with Crippen LogP contribution < -0.4 is 10.1 Å². The lowest BCUT2D eigenvalue weighted by atomic mass is 10.0. The van der Waals surface area contributed by atoms with Crippen molar-refractivity contribution in [1.29, 1.82) is 0 Å². The number of amides is 2. The van der Waals surface area contributed by atoms with Gasteiger partial charge in [0.15, 0.2) is 13.2 Å². The number of esters is 1. The molecule has 0 aliphatic rings. The van der Waals surface area contributed by atoms with Crippen LogP contribution in [0.15, 0.2) is 30.3 Å². The van der Waals surface area contributed by atoms with Crippen molar-refractivity contribution in [2.75, 3.05) is 27.3 Å². The third-order valence-electron chi connectivity index (χ3n) is 3.19. The summed E-state index contributed by atoms with van der Waals surface area (Å²) in [5.41, 5.74) is 0. The number of hydrogen-bond acceptors (Lipinski definition) is 5. The second-order valence-electron chi connectivity index (χ2n) is 5.79. The Kier molecular flexibility index (Phi) is 7.74. The number of likely N-dealkylation sites (N-methyl/N-ethyl adjacent to an activating group) is 1. The van der Waals surface area contributed by atoms with Gasteiger partial charge in [0.05, 0.1) is 0 Å². The van der Waals surface area contributed by atoms with Gasteiger partial charge in [-0.15, -0.1) is 0 Å². The fourth-order valence-electron chi connectivity index (χ4n) is 1.73. The molecule has 0 spiro atoms. The quantitative estimate of drug-likeness (QED) is 0.711. The first-order valence-corrected chi connectivity index (χ1v) is 7.65. The minimum absolute atomic E-state index is 0.187. The summed E-state index contributed by atoms with van der Waals surface area (Å²) < 4.78 is 10.3. The van der Waals surface area contributed by atoms with E-state index in [-0.39, 0.29) is 25.0 Å². The first kappa shape index (κ1) is 19.5. The number of ether oxygens (including phenoxy) is 2. The summed E-state index contributed by atoms with van der Waals surface area (Å²) in [6, 6.07) is 8.05. The molecule has 0 bridgehead atoms. The lowest BCUT2D eigenvalue weighted by Crippen LogP contribution is -2.47.